The minimum Gasteiger partial charge on any atom is -0.466 e. The average molecular weight is 211 g/mol. The second-order valence-electron chi connectivity index (χ2n) is 2.86. The molecule has 0 N–H and O–H groups in total. The van der Waals surface area contributed by atoms with Gasteiger partial charge in [-0.05, 0) is 36.3 Å². The first-order valence-electron chi connectivity index (χ1n) is 4.15. The molecule has 0 aliphatic heterocycles. The Kier molecular flexibility index (Phi) is 3.72. The number of hydrogen-bond acceptors (Lipinski definition) is 2. The van der Waals surface area contributed by atoms with Gasteiger partial charge in [-0.25, -0.2) is 4.79 Å². The van der Waals surface area contributed by atoms with Gasteiger partial charge in [-0.15, -0.1) is 0 Å². The van der Waals surface area contributed by atoms with Crippen LogP contribution >= 0.6 is 11.6 Å². The minimum absolute atomic E-state index is 0.362. The summed E-state index contributed by atoms with van der Waals surface area (Å²) in [5.41, 5.74) is 1.98. The van der Waals surface area contributed by atoms with Gasteiger partial charge in [0.05, 0.1) is 7.11 Å². The topological polar surface area (TPSA) is 26.3 Å². The van der Waals surface area contributed by atoms with Crippen molar-refractivity contribution in [2.75, 3.05) is 7.11 Å². The zero-order valence-electron chi connectivity index (χ0n) is 8.08. The van der Waals surface area contributed by atoms with Gasteiger partial charge in [-0.1, -0.05) is 17.7 Å². The third kappa shape index (κ3) is 2.89. The molecule has 14 heavy (non-hydrogen) atoms. The molecule has 0 saturated carbocycles. The Morgan fingerprint density at radius 1 is 1.50 bits per heavy atom. The Bertz CT molecular complexity index is 370. The molecule has 1 rings (SSSR count). The summed E-state index contributed by atoms with van der Waals surface area (Å²) in [6.45, 7) is 1.93. The Balaban J connectivity index is 2.87. The number of carbonyl (C=O) groups excluding carboxylic acids is 1. The molecule has 2 nitrogen and oxygen atoms in total. The van der Waals surface area contributed by atoms with Crippen molar-refractivity contribution >= 4 is 23.6 Å². The van der Waals surface area contributed by atoms with Gasteiger partial charge in [-0.3, -0.25) is 0 Å². The van der Waals surface area contributed by atoms with E-state index in [1.54, 1.807) is 12.1 Å². The molecule has 0 aliphatic carbocycles. The standard InChI is InChI=1S/C11H11ClO2/c1-8-7-10(12)5-3-9(8)4-6-11(13)14-2/h3-7H,1-2H3. The van der Waals surface area contributed by atoms with Crippen molar-refractivity contribution in [3.05, 3.63) is 40.4 Å². The van der Waals surface area contributed by atoms with Gasteiger partial charge in [0.1, 0.15) is 0 Å². The smallest absolute Gasteiger partial charge is 0.330 e. The summed E-state index contributed by atoms with van der Waals surface area (Å²) >= 11 is 5.79. The van der Waals surface area contributed by atoms with Gasteiger partial charge < -0.3 is 4.74 Å². The highest BCUT2D eigenvalue weighted by atomic mass is 35.5. The van der Waals surface area contributed by atoms with Crippen LogP contribution in [0.2, 0.25) is 5.02 Å². The third-order valence-corrected chi connectivity index (χ3v) is 2.07. The SMILES string of the molecule is COC(=O)C=Cc1ccc(Cl)cc1C. The first-order chi connectivity index (χ1) is 6.63. The van der Waals surface area contributed by atoms with Crippen molar-refractivity contribution in [1.82, 2.24) is 0 Å². The fourth-order valence-corrected chi connectivity index (χ4v) is 1.28. The zero-order chi connectivity index (χ0) is 10.6. The fourth-order valence-electron chi connectivity index (χ4n) is 1.05. The summed E-state index contributed by atoms with van der Waals surface area (Å²) in [7, 11) is 1.35. The first-order valence-corrected chi connectivity index (χ1v) is 4.53. The molecule has 74 valence electrons. The normalized spacial score (nSPS) is 10.5. The van der Waals surface area contributed by atoms with Crippen LogP contribution in [0.3, 0.4) is 0 Å². The van der Waals surface area contributed by atoms with Crippen LogP contribution in [0.25, 0.3) is 6.08 Å². The number of aryl methyl sites for hydroxylation is 1. The van der Waals surface area contributed by atoms with Gasteiger partial charge >= 0.3 is 5.97 Å². The number of ether oxygens (including phenoxy) is 1. The highest BCUT2D eigenvalue weighted by Gasteiger charge is 1.96. The Morgan fingerprint density at radius 3 is 2.79 bits per heavy atom. The second-order valence-corrected chi connectivity index (χ2v) is 3.29. The lowest BCUT2D eigenvalue weighted by Gasteiger charge is -1.99. The van der Waals surface area contributed by atoms with Crippen LogP contribution in [0.15, 0.2) is 24.3 Å². The van der Waals surface area contributed by atoms with Crippen LogP contribution in [-0.2, 0) is 9.53 Å². The van der Waals surface area contributed by atoms with Crippen LogP contribution in [0, 0.1) is 6.92 Å². The van der Waals surface area contributed by atoms with Gasteiger partial charge in [0.25, 0.3) is 0 Å². The molecule has 0 amide bonds. The van der Waals surface area contributed by atoms with E-state index in [0.29, 0.717) is 5.02 Å². The van der Waals surface area contributed by atoms with Crippen molar-refractivity contribution in [2.45, 2.75) is 6.92 Å². The number of esters is 1. The minimum atomic E-state index is -0.362. The van der Waals surface area contributed by atoms with Gasteiger partial charge in [-0.2, -0.15) is 0 Å². The number of rotatable bonds is 2. The van der Waals surface area contributed by atoms with E-state index in [9.17, 15) is 4.79 Å². The lowest BCUT2D eigenvalue weighted by molar-refractivity contribution is -0.134. The van der Waals surface area contributed by atoms with Crippen LogP contribution in [0.1, 0.15) is 11.1 Å². The molecule has 0 atom stereocenters. The molecule has 0 unspecified atom stereocenters. The number of halogens is 1. The molecule has 0 heterocycles. The molecule has 0 aliphatic rings. The number of hydrogen-bond donors (Lipinski definition) is 0. The molecule has 0 bridgehead atoms. The fraction of sp³-hybridized carbons (Fsp3) is 0.182. The second kappa shape index (κ2) is 4.82. The lowest BCUT2D eigenvalue weighted by atomic mass is 10.1. The molecule has 1 aromatic rings. The van der Waals surface area contributed by atoms with Crippen molar-refractivity contribution in [2.24, 2.45) is 0 Å². The average Bonchev–Trinajstić information content (AvgIpc) is 2.16. The van der Waals surface area contributed by atoms with Crippen molar-refractivity contribution in [3.63, 3.8) is 0 Å². The Morgan fingerprint density at radius 2 is 2.21 bits per heavy atom. The quantitative estimate of drug-likeness (QED) is 0.554. The summed E-state index contributed by atoms with van der Waals surface area (Å²) in [5, 5.41) is 0.692. The van der Waals surface area contributed by atoms with E-state index >= 15 is 0 Å². The predicted octanol–water partition coefficient (Wildman–Crippen LogP) is 2.83. The van der Waals surface area contributed by atoms with E-state index < -0.39 is 0 Å². The van der Waals surface area contributed by atoms with Crippen LogP contribution in [-0.4, -0.2) is 13.1 Å². The van der Waals surface area contributed by atoms with Gasteiger partial charge in [0.15, 0.2) is 0 Å². The molecule has 3 heteroatoms. The van der Waals surface area contributed by atoms with Crippen LogP contribution in [0.4, 0.5) is 0 Å². The molecule has 1 aromatic carbocycles. The number of methoxy groups -OCH3 is 1. The molecule has 0 aromatic heterocycles. The maximum atomic E-state index is 10.8. The summed E-state index contributed by atoms with van der Waals surface area (Å²) in [6.07, 6.45) is 3.09. The molecule has 0 spiro atoms. The van der Waals surface area contributed by atoms with E-state index in [2.05, 4.69) is 4.74 Å². The predicted molar refractivity (Wildman–Crippen MR) is 57.2 cm³/mol. The summed E-state index contributed by atoms with van der Waals surface area (Å²) in [4.78, 5) is 10.8. The largest absolute Gasteiger partial charge is 0.466 e. The molecular weight excluding hydrogens is 200 g/mol. The van der Waals surface area contributed by atoms with E-state index in [1.807, 2.05) is 19.1 Å². The highest BCUT2D eigenvalue weighted by molar-refractivity contribution is 6.30. The molecule has 0 fully saturated rings. The van der Waals surface area contributed by atoms with E-state index in [1.165, 1.54) is 13.2 Å². The van der Waals surface area contributed by atoms with Gasteiger partial charge in [0, 0.05) is 11.1 Å². The Labute approximate surface area is 88.1 Å². The molecule has 0 radical (unpaired) electrons. The van der Waals surface area contributed by atoms with Crippen molar-refractivity contribution in [1.29, 1.82) is 0 Å². The molecular formula is C11H11ClO2. The van der Waals surface area contributed by atoms with Crippen LogP contribution in [0.5, 0.6) is 0 Å². The monoisotopic (exact) mass is 210 g/mol. The number of carbonyl (C=O) groups is 1. The number of benzene rings is 1. The van der Waals surface area contributed by atoms with E-state index in [-0.39, 0.29) is 5.97 Å². The Hall–Kier alpha value is -1.28. The summed E-state index contributed by atoms with van der Waals surface area (Å²) in [5.74, 6) is -0.362. The van der Waals surface area contributed by atoms with Crippen LogP contribution < -0.4 is 0 Å². The third-order valence-electron chi connectivity index (χ3n) is 1.83. The zero-order valence-corrected chi connectivity index (χ0v) is 8.84. The summed E-state index contributed by atoms with van der Waals surface area (Å²) in [6, 6.07) is 5.49. The molecule has 0 saturated heterocycles. The maximum Gasteiger partial charge on any atom is 0.330 e. The first kappa shape index (κ1) is 10.8. The van der Waals surface area contributed by atoms with Crippen molar-refractivity contribution in [3.8, 4) is 0 Å². The lowest BCUT2D eigenvalue weighted by Crippen LogP contribution is -1.93. The van der Waals surface area contributed by atoms with E-state index in [4.69, 9.17) is 11.6 Å². The highest BCUT2D eigenvalue weighted by Crippen LogP contribution is 2.16. The van der Waals surface area contributed by atoms with Gasteiger partial charge in [0.2, 0.25) is 0 Å². The van der Waals surface area contributed by atoms with E-state index in [0.717, 1.165) is 11.1 Å². The summed E-state index contributed by atoms with van der Waals surface area (Å²) < 4.78 is 4.48. The van der Waals surface area contributed by atoms with Crippen molar-refractivity contribution < 1.29 is 9.53 Å². The maximum absolute atomic E-state index is 10.8.